The first-order valence-corrected chi connectivity index (χ1v) is 9.44. The van der Waals surface area contributed by atoms with Crippen molar-refractivity contribution in [2.24, 2.45) is 0 Å². The Hall–Kier alpha value is -3.26. The summed E-state index contributed by atoms with van der Waals surface area (Å²) in [5, 5.41) is 0. The number of aromatic amines is 1. The van der Waals surface area contributed by atoms with Crippen LogP contribution in [0, 0.1) is 11.6 Å². The van der Waals surface area contributed by atoms with Gasteiger partial charge in [0.25, 0.3) is 10.0 Å². The third kappa shape index (κ3) is 3.26. The molecule has 0 saturated heterocycles. The normalized spacial score (nSPS) is 11.6. The molecule has 5 nitrogen and oxygen atoms in total. The number of H-pyrrole nitrogens is 1. The maximum atomic E-state index is 13.8. The molecule has 0 fully saturated rings. The summed E-state index contributed by atoms with van der Waals surface area (Å²) < 4.78 is 54.6. The van der Waals surface area contributed by atoms with E-state index in [1.54, 1.807) is 6.07 Å². The van der Waals surface area contributed by atoms with Gasteiger partial charge < -0.3 is 4.98 Å². The number of para-hydroxylation sites is 1. The second-order valence-electron chi connectivity index (χ2n) is 5.83. The molecule has 2 N–H and O–H groups in total. The third-order valence-corrected chi connectivity index (χ3v) is 5.36. The van der Waals surface area contributed by atoms with E-state index >= 15 is 0 Å². The van der Waals surface area contributed by atoms with Gasteiger partial charge in [0.2, 0.25) is 0 Å². The number of nitrogens with zero attached hydrogens (tertiary/aromatic N) is 1. The van der Waals surface area contributed by atoms with E-state index in [0.29, 0.717) is 16.9 Å². The second kappa shape index (κ2) is 6.48. The molecule has 1 aromatic heterocycles. The van der Waals surface area contributed by atoms with E-state index in [1.807, 2.05) is 35.1 Å². The predicted octanol–water partition coefficient (Wildman–Crippen LogP) is 4.31. The molecule has 0 aliphatic carbocycles. The number of halogens is 2. The van der Waals surface area contributed by atoms with Crippen molar-refractivity contribution in [1.29, 1.82) is 0 Å². The SMILES string of the molecule is O=S(=O)(Nc1c(F)cccc1F)c1ccc2[nH]c(-c3ccccc3)nc2c1. The number of hydrogen-bond acceptors (Lipinski definition) is 3. The van der Waals surface area contributed by atoms with Gasteiger partial charge in [0, 0.05) is 5.56 Å². The number of anilines is 1. The maximum absolute atomic E-state index is 13.8. The molecular weight excluding hydrogens is 372 g/mol. The number of sulfonamides is 1. The Morgan fingerprint density at radius 1 is 0.889 bits per heavy atom. The second-order valence-corrected chi connectivity index (χ2v) is 7.51. The molecule has 8 heteroatoms. The van der Waals surface area contributed by atoms with Gasteiger partial charge in [0.05, 0.1) is 15.9 Å². The van der Waals surface area contributed by atoms with Crippen LogP contribution in [0.1, 0.15) is 0 Å². The fourth-order valence-electron chi connectivity index (χ4n) is 2.67. The fraction of sp³-hybridized carbons (Fsp3) is 0. The lowest BCUT2D eigenvalue weighted by Gasteiger charge is -2.09. The van der Waals surface area contributed by atoms with Gasteiger partial charge in [-0.25, -0.2) is 22.2 Å². The molecule has 0 amide bonds. The van der Waals surface area contributed by atoms with Gasteiger partial charge in [-0.2, -0.15) is 0 Å². The number of nitrogens with one attached hydrogen (secondary N) is 2. The van der Waals surface area contributed by atoms with Crippen molar-refractivity contribution >= 4 is 26.7 Å². The molecule has 1 heterocycles. The quantitative estimate of drug-likeness (QED) is 0.550. The molecule has 0 saturated carbocycles. The highest BCUT2D eigenvalue weighted by Gasteiger charge is 2.20. The van der Waals surface area contributed by atoms with Crippen LogP contribution in [0.25, 0.3) is 22.4 Å². The molecule has 0 bridgehead atoms. The van der Waals surface area contributed by atoms with Crippen LogP contribution in [0.5, 0.6) is 0 Å². The standard InChI is InChI=1S/C19H13F2N3O2S/c20-14-7-4-8-15(21)18(14)24-27(25,26)13-9-10-16-17(11-13)23-19(22-16)12-5-2-1-3-6-12/h1-11,24H,(H,22,23). The molecule has 0 atom stereocenters. The van der Waals surface area contributed by atoms with Gasteiger partial charge in [0.15, 0.2) is 0 Å². The predicted molar refractivity (Wildman–Crippen MR) is 98.7 cm³/mol. The van der Waals surface area contributed by atoms with E-state index in [9.17, 15) is 17.2 Å². The first kappa shape index (κ1) is 17.2. The lowest BCUT2D eigenvalue weighted by molar-refractivity contribution is 0.583. The molecule has 4 aromatic rings. The van der Waals surface area contributed by atoms with Crippen molar-refractivity contribution < 1.29 is 17.2 Å². The largest absolute Gasteiger partial charge is 0.338 e. The van der Waals surface area contributed by atoms with E-state index in [4.69, 9.17) is 0 Å². The topological polar surface area (TPSA) is 74.8 Å². The van der Waals surface area contributed by atoms with Crippen LogP contribution in [-0.2, 0) is 10.0 Å². The smallest absolute Gasteiger partial charge is 0.262 e. The first-order chi connectivity index (χ1) is 12.9. The zero-order valence-electron chi connectivity index (χ0n) is 13.8. The monoisotopic (exact) mass is 385 g/mol. The van der Waals surface area contributed by atoms with Crippen LogP contribution in [0.4, 0.5) is 14.5 Å². The molecule has 0 unspecified atom stereocenters. The van der Waals surface area contributed by atoms with Crippen molar-refractivity contribution in [1.82, 2.24) is 9.97 Å². The number of aromatic nitrogens is 2. The Morgan fingerprint density at radius 3 is 2.30 bits per heavy atom. The summed E-state index contributed by atoms with van der Waals surface area (Å²) in [6.45, 7) is 0. The van der Waals surface area contributed by atoms with E-state index in [1.165, 1.54) is 12.1 Å². The van der Waals surface area contributed by atoms with E-state index in [2.05, 4.69) is 9.97 Å². The molecule has 0 radical (unpaired) electrons. The highest BCUT2D eigenvalue weighted by atomic mass is 32.2. The molecule has 27 heavy (non-hydrogen) atoms. The summed E-state index contributed by atoms with van der Waals surface area (Å²) >= 11 is 0. The number of imidazole rings is 1. The van der Waals surface area contributed by atoms with Crippen LogP contribution in [0.3, 0.4) is 0 Å². The van der Waals surface area contributed by atoms with Gasteiger partial charge in [-0.05, 0) is 30.3 Å². The fourth-order valence-corrected chi connectivity index (χ4v) is 3.77. The summed E-state index contributed by atoms with van der Waals surface area (Å²) in [7, 11) is -4.19. The van der Waals surface area contributed by atoms with E-state index in [-0.39, 0.29) is 4.90 Å². The Kier molecular flexibility index (Phi) is 4.12. The van der Waals surface area contributed by atoms with Crippen molar-refractivity contribution in [2.45, 2.75) is 4.90 Å². The Bertz CT molecular complexity index is 1220. The molecular formula is C19H13F2N3O2S. The number of hydrogen-bond donors (Lipinski definition) is 2. The maximum Gasteiger partial charge on any atom is 0.262 e. The zero-order valence-corrected chi connectivity index (χ0v) is 14.6. The van der Waals surface area contributed by atoms with Crippen LogP contribution >= 0.6 is 0 Å². The third-order valence-electron chi connectivity index (χ3n) is 4.01. The van der Waals surface area contributed by atoms with Gasteiger partial charge in [-0.1, -0.05) is 36.4 Å². The summed E-state index contributed by atoms with van der Waals surface area (Å²) in [5.41, 5.74) is 1.20. The van der Waals surface area contributed by atoms with Gasteiger partial charge in [-0.3, -0.25) is 4.72 Å². The average molecular weight is 385 g/mol. The average Bonchev–Trinajstić information content (AvgIpc) is 3.09. The first-order valence-electron chi connectivity index (χ1n) is 7.96. The molecule has 4 rings (SSSR count). The van der Waals surface area contributed by atoms with Crippen LogP contribution in [0.2, 0.25) is 0 Å². The van der Waals surface area contributed by atoms with Crippen LogP contribution < -0.4 is 4.72 Å². The Labute approximate surface area is 153 Å². The molecule has 136 valence electrons. The van der Waals surface area contributed by atoms with Gasteiger partial charge in [-0.15, -0.1) is 0 Å². The summed E-state index contributed by atoms with van der Waals surface area (Å²) in [5.74, 6) is -1.40. The molecule has 3 aromatic carbocycles. The number of benzene rings is 3. The minimum atomic E-state index is -4.19. The lowest BCUT2D eigenvalue weighted by atomic mass is 10.2. The van der Waals surface area contributed by atoms with Crippen LogP contribution in [-0.4, -0.2) is 18.4 Å². The molecule has 0 spiro atoms. The van der Waals surface area contributed by atoms with Crippen molar-refractivity contribution in [3.05, 3.63) is 78.4 Å². The number of rotatable bonds is 4. The highest BCUT2D eigenvalue weighted by molar-refractivity contribution is 7.92. The van der Waals surface area contributed by atoms with Crippen molar-refractivity contribution in [3.63, 3.8) is 0 Å². The van der Waals surface area contributed by atoms with E-state index < -0.39 is 27.3 Å². The Balaban J connectivity index is 1.73. The summed E-state index contributed by atoms with van der Waals surface area (Å²) in [6.07, 6.45) is 0. The minimum Gasteiger partial charge on any atom is -0.338 e. The number of fused-ring (bicyclic) bond motifs is 1. The van der Waals surface area contributed by atoms with Gasteiger partial charge in [0.1, 0.15) is 23.1 Å². The summed E-state index contributed by atoms with van der Waals surface area (Å²) in [6, 6.07) is 16.7. The van der Waals surface area contributed by atoms with E-state index in [0.717, 1.165) is 23.8 Å². The minimum absolute atomic E-state index is 0.149. The van der Waals surface area contributed by atoms with Gasteiger partial charge >= 0.3 is 0 Å². The van der Waals surface area contributed by atoms with Crippen molar-refractivity contribution in [3.8, 4) is 11.4 Å². The Morgan fingerprint density at radius 2 is 1.59 bits per heavy atom. The molecule has 0 aliphatic rings. The van der Waals surface area contributed by atoms with Crippen LogP contribution in [0.15, 0.2) is 71.6 Å². The highest BCUT2D eigenvalue weighted by Crippen LogP contribution is 2.25. The summed E-state index contributed by atoms with van der Waals surface area (Å²) in [4.78, 5) is 7.37. The zero-order chi connectivity index (χ0) is 19.0. The lowest BCUT2D eigenvalue weighted by Crippen LogP contribution is -2.15. The molecule has 0 aliphatic heterocycles. The van der Waals surface area contributed by atoms with Crippen molar-refractivity contribution in [2.75, 3.05) is 4.72 Å².